The number of fused-ring (bicyclic) bond motifs is 1. The van der Waals surface area contributed by atoms with Gasteiger partial charge >= 0.3 is 0 Å². The molecule has 1 aliphatic rings. The van der Waals surface area contributed by atoms with Crippen LogP contribution in [0.3, 0.4) is 0 Å². The zero-order chi connectivity index (χ0) is 9.42. The summed E-state index contributed by atoms with van der Waals surface area (Å²) >= 11 is 0. The molecule has 2 heteroatoms. The molecule has 0 aliphatic heterocycles. The van der Waals surface area contributed by atoms with E-state index < -0.39 is 0 Å². The second-order valence-corrected chi connectivity index (χ2v) is 3.74. The van der Waals surface area contributed by atoms with Crippen LogP contribution in [0.5, 0.6) is 0 Å². The highest BCUT2D eigenvalue weighted by molar-refractivity contribution is 5.98. The molecule has 13 heavy (non-hydrogen) atoms. The Bertz CT molecular complexity index is 357. The summed E-state index contributed by atoms with van der Waals surface area (Å²) in [4.78, 5) is 11.5. The molecular weight excluding hydrogens is 167 g/mol. The molecule has 0 N–H and O–H groups in total. The molecule has 2 rings (SSSR count). The van der Waals surface area contributed by atoms with Gasteiger partial charge in [0.15, 0.2) is 5.78 Å². The fourth-order valence-electron chi connectivity index (χ4n) is 1.88. The molecule has 0 unspecified atom stereocenters. The highest BCUT2D eigenvalue weighted by Gasteiger charge is 2.21. The van der Waals surface area contributed by atoms with Gasteiger partial charge in [-0.05, 0) is 36.1 Å². The Hall–Kier alpha value is -1.18. The number of Topliss-reactive ketones (excluding diaryl/α,β-unsaturated/α-hetero) is 1. The van der Waals surface area contributed by atoms with Gasteiger partial charge in [-0.1, -0.05) is 6.92 Å². The lowest BCUT2D eigenvalue weighted by molar-refractivity contribution is 0.0953. The van der Waals surface area contributed by atoms with Crippen molar-refractivity contribution < 1.29 is 9.18 Å². The number of halogens is 1. The van der Waals surface area contributed by atoms with Crippen molar-refractivity contribution in [2.24, 2.45) is 5.92 Å². The maximum absolute atomic E-state index is 12.8. The molecule has 0 bridgehead atoms. The van der Waals surface area contributed by atoms with Gasteiger partial charge in [-0.3, -0.25) is 4.79 Å². The van der Waals surface area contributed by atoms with Gasteiger partial charge in [-0.2, -0.15) is 0 Å². The van der Waals surface area contributed by atoms with E-state index >= 15 is 0 Å². The first-order valence-electron chi connectivity index (χ1n) is 4.48. The molecule has 0 spiro atoms. The minimum Gasteiger partial charge on any atom is -0.294 e. The minimum atomic E-state index is -0.249. The van der Waals surface area contributed by atoms with Gasteiger partial charge in [0.25, 0.3) is 0 Å². The molecule has 1 aromatic rings. The smallest absolute Gasteiger partial charge is 0.163 e. The molecule has 0 amide bonds. The van der Waals surface area contributed by atoms with Gasteiger partial charge in [0.2, 0.25) is 0 Å². The van der Waals surface area contributed by atoms with Gasteiger partial charge in [0.1, 0.15) is 5.82 Å². The summed E-state index contributed by atoms with van der Waals surface area (Å²) in [5.74, 6) is 0.246. The molecule has 0 fully saturated rings. The van der Waals surface area contributed by atoms with Crippen LogP contribution in [0.25, 0.3) is 0 Å². The predicted molar refractivity (Wildman–Crippen MR) is 48.2 cm³/mol. The minimum absolute atomic E-state index is 0.147. The Balaban J connectivity index is 2.49. The van der Waals surface area contributed by atoms with E-state index in [-0.39, 0.29) is 11.6 Å². The number of benzene rings is 1. The Labute approximate surface area is 76.6 Å². The van der Waals surface area contributed by atoms with Gasteiger partial charge in [0.05, 0.1) is 0 Å². The molecular formula is C11H11FO. The Morgan fingerprint density at radius 3 is 2.92 bits per heavy atom. The van der Waals surface area contributed by atoms with Crippen molar-refractivity contribution in [3.8, 4) is 0 Å². The summed E-state index contributed by atoms with van der Waals surface area (Å²) in [6, 6.07) is 4.43. The normalized spacial score (nSPS) is 21.4. The fraction of sp³-hybridized carbons (Fsp3) is 0.364. The molecule has 68 valence electrons. The quantitative estimate of drug-likeness (QED) is 0.596. The number of carbonyl (C=O) groups is 1. The van der Waals surface area contributed by atoms with Crippen molar-refractivity contribution in [3.63, 3.8) is 0 Å². The molecule has 0 saturated heterocycles. The molecule has 0 radical (unpaired) electrons. The van der Waals surface area contributed by atoms with Gasteiger partial charge < -0.3 is 0 Å². The molecule has 1 aromatic carbocycles. The van der Waals surface area contributed by atoms with E-state index in [4.69, 9.17) is 0 Å². The van der Waals surface area contributed by atoms with Gasteiger partial charge in [-0.15, -0.1) is 0 Å². The highest BCUT2D eigenvalue weighted by atomic mass is 19.1. The summed E-state index contributed by atoms with van der Waals surface area (Å²) < 4.78 is 12.8. The summed E-state index contributed by atoms with van der Waals surface area (Å²) in [5.41, 5.74) is 1.57. The molecule has 1 nitrogen and oxygen atoms in total. The molecule has 0 heterocycles. The third kappa shape index (κ3) is 1.48. The Kier molecular flexibility index (Phi) is 1.91. The van der Waals surface area contributed by atoms with Crippen LogP contribution in [0.2, 0.25) is 0 Å². The van der Waals surface area contributed by atoms with Crippen LogP contribution in [-0.2, 0) is 6.42 Å². The lowest BCUT2D eigenvalue weighted by Crippen LogP contribution is -2.17. The lowest BCUT2D eigenvalue weighted by atomic mass is 9.84. The standard InChI is InChI=1S/C11H11FO/c1-7-4-8-6-9(12)2-3-10(8)11(13)5-7/h2-3,6-7H,4-5H2,1H3/t7-/m1/s1. The maximum Gasteiger partial charge on any atom is 0.163 e. The summed E-state index contributed by atoms with van der Waals surface area (Å²) in [5, 5.41) is 0. The zero-order valence-corrected chi connectivity index (χ0v) is 7.51. The van der Waals surface area contributed by atoms with E-state index in [1.54, 1.807) is 6.07 Å². The van der Waals surface area contributed by atoms with E-state index in [1.807, 2.05) is 6.92 Å². The number of rotatable bonds is 0. The van der Waals surface area contributed by atoms with E-state index in [1.165, 1.54) is 12.1 Å². The number of hydrogen-bond donors (Lipinski definition) is 0. The van der Waals surface area contributed by atoms with Crippen LogP contribution in [0.1, 0.15) is 29.3 Å². The van der Waals surface area contributed by atoms with E-state index in [0.717, 1.165) is 12.0 Å². The monoisotopic (exact) mass is 178 g/mol. The third-order valence-corrected chi connectivity index (χ3v) is 2.47. The molecule has 0 aromatic heterocycles. The van der Waals surface area contributed by atoms with Crippen molar-refractivity contribution in [3.05, 3.63) is 35.1 Å². The first-order chi connectivity index (χ1) is 6.16. The highest BCUT2D eigenvalue weighted by Crippen LogP contribution is 2.25. The van der Waals surface area contributed by atoms with Gasteiger partial charge in [0, 0.05) is 12.0 Å². The van der Waals surface area contributed by atoms with Crippen molar-refractivity contribution in [2.75, 3.05) is 0 Å². The van der Waals surface area contributed by atoms with Crippen LogP contribution in [0, 0.1) is 11.7 Å². The molecule has 1 aliphatic carbocycles. The third-order valence-electron chi connectivity index (χ3n) is 2.47. The van der Waals surface area contributed by atoms with Crippen molar-refractivity contribution in [1.82, 2.24) is 0 Å². The van der Waals surface area contributed by atoms with Crippen molar-refractivity contribution in [1.29, 1.82) is 0 Å². The van der Waals surface area contributed by atoms with E-state index in [9.17, 15) is 9.18 Å². The summed E-state index contributed by atoms with van der Waals surface area (Å²) in [6.45, 7) is 2.02. The first-order valence-corrected chi connectivity index (χ1v) is 4.48. The topological polar surface area (TPSA) is 17.1 Å². The van der Waals surface area contributed by atoms with Crippen LogP contribution in [0.4, 0.5) is 4.39 Å². The second kappa shape index (κ2) is 2.95. The SMILES string of the molecule is C[C@H]1CC(=O)c2ccc(F)cc2C1. The van der Waals surface area contributed by atoms with Gasteiger partial charge in [-0.25, -0.2) is 4.39 Å². The van der Waals surface area contributed by atoms with Crippen LogP contribution >= 0.6 is 0 Å². The fourth-order valence-corrected chi connectivity index (χ4v) is 1.88. The predicted octanol–water partition coefficient (Wildman–Crippen LogP) is 2.59. The first kappa shape index (κ1) is 8.42. The van der Waals surface area contributed by atoms with Crippen molar-refractivity contribution in [2.45, 2.75) is 19.8 Å². The lowest BCUT2D eigenvalue weighted by Gasteiger charge is -2.19. The largest absolute Gasteiger partial charge is 0.294 e. The maximum atomic E-state index is 12.8. The Morgan fingerprint density at radius 1 is 1.38 bits per heavy atom. The summed E-state index contributed by atoms with van der Waals surface area (Å²) in [6.07, 6.45) is 1.41. The molecule has 0 saturated carbocycles. The average molecular weight is 178 g/mol. The number of carbonyl (C=O) groups excluding carboxylic acids is 1. The van der Waals surface area contributed by atoms with E-state index in [0.29, 0.717) is 17.9 Å². The molecule has 1 atom stereocenters. The van der Waals surface area contributed by atoms with Crippen LogP contribution < -0.4 is 0 Å². The number of hydrogen-bond acceptors (Lipinski definition) is 1. The van der Waals surface area contributed by atoms with Crippen LogP contribution in [-0.4, -0.2) is 5.78 Å². The van der Waals surface area contributed by atoms with Crippen molar-refractivity contribution >= 4 is 5.78 Å². The van der Waals surface area contributed by atoms with Crippen LogP contribution in [0.15, 0.2) is 18.2 Å². The van der Waals surface area contributed by atoms with E-state index in [2.05, 4.69) is 0 Å². The Morgan fingerprint density at radius 2 is 2.15 bits per heavy atom. The zero-order valence-electron chi connectivity index (χ0n) is 7.51. The number of ketones is 1. The average Bonchev–Trinajstić information content (AvgIpc) is 2.02. The summed E-state index contributed by atoms with van der Waals surface area (Å²) in [7, 11) is 0. The second-order valence-electron chi connectivity index (χ2n) is 3.74.